The van der Waals surface area contributed by atoms with Crippen molar-refractivity contribution < 1.29 is 13.6 Å². The number of hydrogen-bond donors (Lipinski definition) is 3. The van der Waals surface area contributed by atoms with Gasteiger partial charge in [0.1, 0.15) is 0 Å². The Morgan fingerprint density at radius 2 is 0.750 bits per heavy atom. The molecule has 3 saturated heterocycles. The van der Waals surface area contributed by atoms with E-state index in [0.29, 0.717) is 19.8 Å². The minimum Gasteiger partial charge on any atom is -0.314 e. The van der Waals surface area contributed by atoms with Crippen molar-refractivity contribution in [3.05, 3.63) is 108 Å². The third kappa shape index (κ3) is 4.29. The lowest BCUT2D eigenvalue weighted by molar-refractivity contribution is 0.348. The molecular weight excluding hydrogens is 513 g/mol. The van der Waals surface area contributed by atoms with Gasteiger partial charge >= 0.3 is 0 Å². The van der Waals surface area contributed by atoms with Gasteiger partial charge in [-0.1, -0.05) is 91.0 Å². The Labute approximate surface area is 210 Å². The standard InChI is InChI=1S/C24H27N6O3P3/c1-4-10-19(11-5-1)22-16-31-34(25-22)28-35(26-23(17-32-35)20-12-6-2-7-13-20)30-36(29-34)27-24(18-33-36)21-14-8-3-9-15-21/h1-15,22-27H,16-18H2/t22-,23-,24-,34?,35?,36?/m0/s1. The van der Waals surface area contributed by atoms with Gasteiger partial charge in [-0.25, -0.2) is 15.3 Å². The molecular formula is C24H27N6O3P3. The van der Waals surface area contributed by atoms with Gasteiger partial charge in [-0.3, -0.25) is 0 Å². The van der Waals surface area contributed by atoms with E-state index in [1.54, 1.807) is 0 Å². The average molecular weight is 540 g/mol. The van der Waals surface area contributed by atoms with E-state index >= 15 is 0 Å². The van der Waals surface area contributed by atoms with Crippen LogP contribution in [0.5, 0.6) is 0 Å². The Morgan fingerprint density at radius 3 is 1.03 bits per heavy atom. The Morgan fingerprint density at radius 1 is 0.472 bits per heavy atom. The highest BCUT2D eigenvalue weighted by Gasteiger charge is 2.49. The summed E-state index contributed by atoms with van der Waals surface area (Å²) in [4.78, 5) is 0. The molecule has 3 aromatic rings. The molecule has 4 heterocycles. The Hall–Kier alpha value is -1.89. The molecule has 3 spiro atoms. The monoisotopic (exact) mass is 540 g/mol. The van der Waals surface area contributed by atoms with Crippen LogP contribution in [-0.4, -0.2) is 19.8 Å². The van der Waals surface area contributed by atoms with Crippen molar-refractivity contribution in [2.24, 2.45) is 13.5 Å². The van der Waals surface area contributed by atoms with Gasteiger partial charge in [-0.2, -0.15) is 13.5 Å². The van der Waals surface area contributed by atoms with Gasteiger partial charge in [0, 0.05) is 0 Å². The number of nitrogens with zero attached hydrogens (tertiary/aromatic N) is 3. The fraction of sp³-hybridized carbons (Fsp3) is 0.250. The van der Waals surface area contributed by atoms with Crippen LogP contribution in [0.4, 0.5) is 0 Å². The maximum Gasteiger partial charge on any atom is 0.281 e. The molecule has 0 aromatic heterocycles. The highest BCUT2D eigenvalue weighted by molar-refractivity contribution is 7.81. The summed E-state index contributed by atoms with van der Waals surface area (Å²) < 4.78 is 34.7. The van der Waals surface area contributed by atoms with Gasteiger partial charge in [0.05, 0.1) is 37.9 Å². The predicted octanol–water partition coefficient (Wildman–Crippen LogP) is 6.92. The second kappa shape index (κ2) is 9.14. The zero-order valence-electron chi connectivity index (χ0n) is 19.4. The van der Waals surface area contributed by atoms with Crippen molar-refractivity contribution in [3.63, 3.8) is 0 Å². The molecule has 186 valence electrons. The molecule has 12 heteroatoms. The van der Waals surface area contributed by atoms with Crippen LogP contribution in [0.2, 0.25) is 0 Å². The fourth-order valence-corrected chi connectivity index (χ4v) is 15.8. The van der Waals surface area contributed by atoms with Gasteiger partial charge in [0.15, 0.2) is 0 Å². The third-order valence-corrected chi connectivity index (χ3v) is 15.9. The summed E-state index contributed by atoms with van der Waals surface area (Å²) in [5.74, 6) is 0. The molecule has 0 radical (unpaired) electrons. The van der Waals surface area contributed by atoms with E-state index in [1.807, 2.05) is 54.6 Å². The van der Waals surface area contributed by atoms with Gasteiger partial charge in [0.25, 0.3) is 22.7 Å². The van der Waals surface area contributed by atoms with Gasteiger partial charge in [-0.15, -0.1) is 0 Å². The molecule has 9 nitrogen and oxygen atoms in total. The largest absolute Gasteiger partial charge is 0.314 e. The second-order valence-electron chi connectivity index (χ2n) is 9.06. The highest BCUT2D eigenvalue weighted by atomic mass is 31.3. The van der Waals surface area contributed by atoms with Crippen molar-refractivity contribution in [2.75, 3.05) is 19.8 Å². The molecule has 0 bridgehead atoms. The molecule has 7 rings (SSSR count). The number of nitrogens with one attached hydrogen (secondary N) is 3. The number of rotatable bonds is 3. The molecule has 3 aromatic carbocycles. The second-order valence-corrected chi connectivity index (χ2v) is 16.0. The minimum atomic E-state index is -2.80. The smallest absolute Gasteiger partial charge is 0.281 e. The van der Waals surface area contributed by atoms with E-state index in [1.165, 1.54) is 0 Å². The van der Waals surface area contributed by atoms with Crippen molar-refractivity contribution in [3.8, 4) is 0 Å². The number of hydrogen-bond acceptors (Lipinski definition) is 9. The van der Waals surface area contributed by atoms with E-state index in [9.17, 15) is 0 Å². The molecule has 0 amide bonds. The number of benzene rings is 3. The minimum absolute atomic E-state index is 0.00900. The van der Waals surface area contributed by atoms with Crippen LogP contribution in [-0.2, 0) is 13.6 Å². The fourth-order valence-electron chi connectivity index (χ4n) is 4.79. The van der Waals surface area contributed by atoms with Gasteiger partial charge in [-0.05, 0) is 16.7 Å². The first-order valence-electron chi connectivity index (χ1n) is 12.0. The molecule has 4 aliphatic heterocycles. The van der Waals surface area contributed by atoms with Crippen LogP contribution >= 0.6 is 22.7 Å². The lowest BCUT2D eigenvalue weighted by Crippen LogP contribution is -2.16. The summed E-state index contributed by atoms with van der Waals surface area (Å²) in [6.45, 7) is 1.44. The molecule has 3 N–H and O–H groups in total. The Balaban J connectivity index is 1.29. The SMILES string of the molecule is c1ccc([C@@H]2COP3(=NP4(=NP5(=N3)N[C@H](c3ccccc3)CO5)N[C@H](c3ccccc3)CO4)N2)cc1. The molecule has 3 atom stereocenters. The first-order chi connectivity index (χ1) is 17.6. The van der Waals surface area contributed by atoms with Crippen molar-refractivity contribution in [2.45, 2.75) is 18.1 Å². The normalized spacial score (nSPS) is 37.2. The van der Waals surface area contributed by atoms with E-state index in [0.717, 1.165) is 16.7 Å². The topological polar surface area (TPSA) is 101 Å². The summed E-state index contributed by atoms with van der Waals surface area (Å²) in [5, 5.41) is 10.9. The van der Waals surface area contributed by atoms with Crippen molar-refractivity contribution in [1.29, 1.82) is 0 Å². The summed E-state index contributed by atoms with van der Waals surface area (Å²) in [5.41, 5.74) is 3.44. The van der Waals surface area contributed by atoms with Gasteiger partial charge in [0.2, 0.25) is 0 Å². The first kappa shape index (κ1) is 23.2. The quantitative estimate of drug-likeness (QED) is 0.312. The molecule has 4 aliphatic rings. The lowest BCUT2D eigenvalue weighted by atomic mass is 10.1. The summed E-state index contributed by atoms with van der Waals surface area (Å²) in [6, 6.07) is 30.8. The molecule has 0 saturated carbocycles. The molecule has 36 heavy (non-hydrogen) atoms. The van der Waals surface area contributed by atoms with E-state index in [4.69, 9.17) is 27.1 Å². The zero-order valence-corrected chi connectivity index (χ0v) is 22.1. The average Bonchev–Trinajstić information content (AvgIpc) is 3.63. The van der Waals surface area contributed by atoms with E-state index in [-0.39, 0.29) is 18.1 Å². The predicted molar refractivity (Wildman–Crippen MR) is 143 cm³/mol. The highest BCUT2D eigenvalue weighted by Crippen LogP contribution is 2.80. The third-order valence-electron chi connectivity index (χ3n) is 6.57. The maximum absolute atomic E-state index is 6.43. The van der Waals surface area contributed by atoms with Crippen LogP contribution in [0, 0.1) is 0 Å². The van der Waals surface area contributed by atoms with Crippen molar-refractivity contribution in [1.82, 2.24) is 15.3 Å². The van der Waals surface area contributed by atoms with Crippen molar-refractivity contribution >= 4 is 22.7 Å². The van der Waals surface area contributed by atoms with Crippen LogP contribution in [0.25, 0.3) is 0 Å². The summed E-state index contributed by atoms with van der Waals surface area (Å²) in [7, 11) is -8.39. The van der Waals surface area contributed by atoms with Crippen LogP contribution in [0.1, 0.15) is 34.8 Å². The van der Waals surface area contributed by atoms with E-state index < -0.39 is 22.7 Å². The maximum atomic E-state index is 6.43. The van der Waals surface area contributed by atoms with Crippen LogP contribution in [0.15, 0.2) is 105 Å². The van der Waals surface area contributed by atoms with Gasteiger partial charge < -0.3 is 13.6 Å². The summed E-state index contributed by atoms with van der Waals surface area (Å²) >= 11 is 0. The lowest BCUT2D eigenvalue weighted by Gasteiger charge is -2.29. The Kier molecular flexibility index (Phi) is 5.90. The van der Waals surface area contributed by atoms with Crippen LogP contribution in [0.3, 0.4) is 0 Å². The zero-order chi connectivity index (χ0) is 24.1. The van der Waals surface area contributed by atoms with Crippen LogP contribution < -0.4 is 15.3 Å². The first-order valence-corrected chi connectivity index (χ1v) is 16.8. The molecule has 0 unspecified atom stereocenters. The molecule has 0 aliphatic carbocycles. The van der Waals surface area contributed by atoms with E-state index in [2.05, 4.69) is 51.7 Å². The molecule has 3 fully saturated rings. The summed E-state index contributed by atoms with van der Waals surface area (Å²) in [6.07, 6.45) is 0. The Bertz CT molecular complexity index is 1250.